The van der Waals surface area contributed by atoms with Gasteiger partial charge in [0.1, 0.15) is 11.4 Å². The Labute approximate surface area is 150 Å². The Morgan fingerprint density at radius 1 is 1.19 bits per heavy atom. The predicted molar refractivity (Wildman–Crippen MR) is 87.0 cm³/mol. The van der Waals surface area contributed by atoms with Crippen LogP contribution in [-0.2, 0) is 17.5 Å². The number of fused-ring (bicyclic) bond motifs is 1. The molecule has 1 aromatic heterocycles. The van der Waals surface area contributed by atoms with E-state index >= 15 is 0 Å². The van der Waals surface area contributed by atoms with E-state index in [1.807, 2.05) is 0 Å². The highest BCUT2D eigenvalue weighted by Gasteiger charge is 2.36. The Morgan fingerprint density at radius 3 is 2.59 bits per heavy atom. The Morgan fingerprint density at radius 2 is 1.96 bits per heavy atom. The maximum atomic E-state index is 14.0. The summed E-state index contributed by atoms with van der Waals surface area (Å²) in [5, 5.41) is 10.2. The summed E-state index contributed by atoms with van der Waals surface area (Å²) in [4.78, 5) is 4.22. The second-order valence-electron chi connectivity index (χ2n) is 6.49. The number of benzene rings is 2. The van der Waals surface area contributed by atoms with E-state index in [1.54, 1.807) is 23.0 Å². The van der Waals surface area contributed by atoms with E-state index in [0.717, 1.165) is 12.1 Å². The summed E-state index contributed by atoms with van der Waals surface area (Å²) in [6.07, 6.45) is -3.07. The average Bonchev–Trinajstić information content (AvgIpc) is 2.96. The third kappa shape index (κ3) is 3.47. The van der Waals surface area contributed by atoms with E-state index in [4.69, 9.17) is 9.47 Å². The molecule has 0 unspecified atom stereocenters. The van der Waals surface area contributed by atoms with E-state index in [0.29, 0.717) is 17.1 Å². The molecule has 0 radical (unpaired) electrons. The van der Waals surface area contributed by atoms with Crippen molar-refractivity contribution in [2.75, 3.05) is 13.2 Å². The van der Waals surface area contributed by atoms with Gasteiger partial charge in [-0.15, -0.1) is 0 Å². The minimum absolute atomic E-state index is 0.222. The molecule has 5 nitrogen and oxygen atoms in total. The number of aromatic nitrogens is 2. The Bertz CT molecular complexity index is 996. The molecule has 0 atom stereocenters. The van der Waals surface area contributed by atoms with Crippen LogP contribution in [0.2, 0.25) is 0 Å². The van der Waals surface area contributed by atoms with Crippen LogP contribution in [0.15, 0.2) is 42.7 Å². The van der Waals surface area contributed by atoms with Gasteiger partial charge in [0.2, 0.25) is 0 Å². The maximum absolute atomic E-state index is 14.0. The van der Waals surface area contributed by atoms with Gasteiger partial charge in [0.25, 0.3) is 0 Å². The van der Waals surface area contributed by atoms with Crippen molar-refractivity contribution in [1.82, 2.24) is 9.55 Å². The van der Waals surface area contributed by atoms with Crippen molar-refractivity contribution < 1.29 is 32.1 Å². The molecular weight excluding hydrogens is 368 g/mol. The third-order valence-corrected chi connectivity index (χ3v) is 4.29. The smallest absolute Gasteiger partial charge is 0.416 e. The molecule has 3 aromatic rings. The lowest BCUT2D eigenvalue weighted by atomic mass is 10.0. The van der Waals surface area contributed by atoms with Gasteiger partial charge in [0, 0.05) is 6.07 Å². The van der Waals surface area contributed by atoms with E-state index in [1.165, 1.54) is 6.07 Å². The van der Waals surface area contributed by atoms with Crippen LogP contribution >= 0.6 is 0 Å². The molecule has 1 aliphatic rings. The summed E-state index contributed by atoms with van der Waals surface area (Å²) in [5.41, 5.74) is -0.777. The van der Waals surface area contributed by atoms with E-state index in [2.05, 4.69) is 4.98 Å². The summed E-state index contributed by atoms with van der Waals surface area (Å²) in [6.45, 7) is 0.709. The SMILES string of the molecule is OC1(Cn2cnc3ccc(Oc4ccc(C(F)(F)F)cc4F)cc32)COC1. The van der Waals surface area contributed by atoms with Gasteiger partial charge in [-0.1, -0.05) is 0 Å². The molecule has 4 rings (SSSR count). The number of hydrogen-bond acceptors (Lipinski definition) is 4. The first-order valence-corrected chi connectivity index (χ1v) is 8.03. The van der Waals surface area contributed by atoms with Crippen LogP contribution in [0.1, 0.15) is 5.56 Å². The molecule has 9 heteroatoms. The quantitative estimate of drug-likeness (QED) is 0.699. The topological polar surface area (TPSA) is 56.5 Å². The number of imidazole rings is 1. The molecule has 2 aromatic carbocycles. The number of alkyl halides is 3. The molecule has 0 bridgehead atoms. The third-order valence-electron chi connectivity index (χ3n) is 4.29. The fraction of sp³-hybridized carbons (Fsp3) is 0.278. The number of halogens is 4. The van der Waals surface area contributed by atoms with Gasteiger partial charge < -0.3 is 19.1 Å². The molecule has 27 heavy (non-hydrogen) atoms. The molecule has 1 N–H and O–H groups in total. The number of nitrogens with zero attached hydrogens (tertiary/aromatic N) is 2. The van der Waals surface area contributed by atoms with Crippen LogP contribution in [0.3, 0.4) is 0 Å². The van der Waals surface area contributed by atoms with Crippen molar-refractivity contribution in [2.24, 2.45) is 0 Å². The standard InChI is InChI=1S/C18H14F4N2O3/c19-13-5-11(18(20,21)22)1-4-16(13)27-12-2-3-14-15(6-12)24(10-23-14)7-17(25)8-26-9-17/h1-6,10,25H,7-9H2. The normalized spacial score (nSPS) is 16.3. The largest absolute Gasteiger partial charge is 0.454 e. The van der Waals surface area contributed by atoms with Gasteiger partial charge in [-0.2, -0.15) is 13.2 Å². The summed E-state index contributed by atoms with van der Waals surface area (Å²) < 4.78 is 64.0. The molecule has 0 amide bonds. The van der Waals surface area contributed by atoms with Crippen LogP contribution in [0.5, 0.6) is 11.5 Å². The van der Waals surface area contributed by atoms with Crippen LogP contribution in [0.4, 0.5) is 17.6 Å². The average molecular weight is 382 g/mol. The van der Waals surface area contributed by atoms with Gasteiger partial charge in [-0.25, -0.2) is 9.37 Å². The number of ether oxygens (including phenoxy) is 2. The van der Waals surface area contributed by atoms with Crippen LogP contribution in [-0.4, -0.2) is 33.5 Å². The van der Waals surface area contributed by atoms with E-state index in [9.17, 15) is 22.7 Å². The molecule has 1 fully saturated rings. The van der Waals surface area contributed by atoms with Gasteiger partial charge in [0.05, 0.1) is 42.7 Å². The maximum Gasteiger partial charge on any atom is 0.416 e. The van der Waals surface area contributed by atoms with Crippen LogP contribution in [0, 0.1) is 5.82 Å². The first-order valence-electron chi connectivity index (χ1n) is 8.03. The van der Waals surface area contributed by atoms with Gasteiger partial charge in [0.15, 0.2) is 11.6 Å². The lowest BCUT2D eigenvalue weighted by Crippen LogP contribution is -2.52. The molecule has 2 heterocycles. The number of rotatable bonds is 4. The zero-order valence-corrected chi connectivity index (χ0v) is 13.8. The number of aliphatic hydroxyl groups is 1. The summed E-state index contributed by atoms with van der Waals surface area (Å²) in [5.74, 6) is -1.20. The number of hydrogen-bond donors (Lipinski definition) is 1. The molecule has 0 saturated carbocycles. The molecule has 142 valence electrons. The second-order valence-corrected chi connectivity index (χ2v) is 6.49. The zero-order valence-electron chi connectivity index (χ0n) is 13.8. The van der Waals surface area contributed by atoms with Crippen LogP contribution < -0.4 is 4.74 Å². The summed E-state index contributed by atoms with van der Waals surface area (Å²) >= 11 is 0. The van der Waals surface area contributed by atoms with Crippen molar-refractivity contribution >= 4 is 11.0 Å². The highest BCUT2D eigenvalue weighted by Crippen LogP contribution is 2.34. The van der Waals surface area contributed by atoms with Crippen molar-refractivity contribution in [2.45, 2.75) is 18.3 Å². The van der Waals surface area contributed by atoms with Crippen molar-refractivity contribution in [3.63, 3.8) is 0 Å². The van der Waals surface area contributed by atoms with Crippen molar-refractivity contribution in [3.05, 3.63) is 54.1 Å². The fourth-order valence-electron chi connectivity index (χ4n) is 2.86. The first-order chi connectivity index (χ1) is 12.7. The van der Waals surface area contributed by atoms with Gasteiger partial charge >= 0.3 is 6.18 Å². The molecule has 0 spiro atoms. The van der Waals surface area contributed by atoms with Gasteiger partial charge in [-0.05, 0) is 30.3 Å². The monoisotopic (exact) mass is 382 g/mol. The Balaban J connectivity index is 1.61. The van der Waals surface area contributed by atoms with Gasteiger partial charge in [-0.3, -0.25) is 0 Å². The molecule has 1 aliphatic heterocycles. The molecule has 1 saturated heterocycles. The van der Waals surface area contributed by atoms with E-state index < -0.39 is 23.2 Å². The highest BCUT2D eigenvalue weighted by atomic mass is 19.4. The fourth-order valence-corrected chi connectivity index (χ4v) is 2.86. The molecule has 0 aliphatic carbocycles. The Kier molecular flexibility index (Phi) is 4.08. The van der Waals surface area contributed by atoms with Crippen LogP contribution in [0.25, 0.3) is 11.0 Å². The predicted octanol–water partition coefficient (Wildman–Crippen LogP) is 3.75. The first kappa shape index (κ1) is 17.7. The summed E-state index contributed by atoms with van der Waals surface area (Å²) in [6, 6.07) is 6.86. The van der Waals surface area contributed by atoms with Crippen molar-refractivity contribution in [1.29, 1.82) is 0 Å². The minimum atomic E-state index is -4.63. The minimum Gasteiger partial charge on any atom is -0.454 e. The summed E-state index contributed by atoms with van der Waals surface area (Å²) in [7, 11) is 0. The Hall–Kier alpha value is -2.65. The van der Waals surface area contributed by atoms with E-state index in [-0.39, 0.29) is 31.3 Å². The second kappa shape index (κ2) is 6.21. The zero-order chi connectivity index (χ0) is 19.2. The lowest BCUT2D eigenvalue weighted by Gasteiger charge is -2.36. The molecular formula is C18H14F4N2O3. The highest BCUT2D eigenvalue weighted by molar-refractivity contribution is 5.77. The van der Waals surface area contributed by atoms with Crippen molar-refractivity contribution in [3.8, 4) is 11.5 Å². The lowest BCUT2D eigenvalue weighted by molar-refractivity contribution is -0.184.